The van der Waals surface area contributed by atoms with E-state index in [-0.39, 0.29) is 11.8 Å². The molecule has 7 nitrogen and oxygen atoms in total. The fraction of sp³-hybridized carbons (Fsp3) is 0.240. The second-order valence-corrected chi connectivity index (χ2v) is 8.00. The largest absolute Gasteiger partial charge is 0.496 e. The van der Waals surface area contributed by atoms with Crippen molar-refractivity contribution >= 4 is 34.5 Å². The Morgan fingerprint density at radius 1 is 1.22 bits per heavy atom. The van der Waals surface area contributed by atoms with E-state index in [4.69, 9.17) is 4.74 Å². The highest BCUT2D eigenvalue weighted by atomic mass is 16.5. The van der Waals surface area contributed by atoms with Crippen LogP contribution in [0.1, 0.15) is 16.7 Å². The lowest BCUT2D eigenvalue weighted by Gasteiger charge is -2.18. The third kappa shape index (κ3) is 4.63. The van der Waals surface area contributed by atoms with Crippen LogP contribution in [0.25, 0.3) is 16.8 Å². The summed E-state index contributed by atoms with van der Waals surface area (Å²) >= 11 is 0. The quantitative estimate of drug-likeness (QED) is 0.629. The summed E-state index contributed by atoms with van der Waals surface area (Å²) in [5.74, 6) is 1.21. The number of hydrogen-bond donors (Lipinski definition) is 1. The van der Waals surface area contributed by atoms with Gasteiger partial charge < -0.3 is 15.0 Å². The van der Waals surface area contributed by atoms with Crippen molar-refractivity contribution in [1.29, 1.82) is 0 Å². The molecule has 164 valence electrons. The Morgan fingerprint density at radius 3 is 2.78 bits per heavy atom. The minimum absolute atomic E-state index is 0.0788. The molecule has 1 aliphatic heterocycles. The Bertz CT molecular complexity index is 1210. The Balaban J connectivity index is 1.49. The lowest BCUT2D eigenvalue weighted by molar-refractivity contribution is -0.125. The summed E-state index contributed by atoms with van der Waals surface area (Å²) in [5, 5.41) is 4.90. The van der Waals surface area contributed by atoms with Crippen molar-refractivity contribution in [3.8, 4) is 5.75 Å². The van der Waals surface area contributed by atoms with Crippen molar-refractivity contribution in [2.24, 2.45) is 0 Å². The Hall–Kier alpha value is -3.71. The molecule has 0 fully saturated rings. The van der Waals surface area contributed by atoms with Gasteiger partial charge in [0.15, 0.2) is 0 Å². The number of anilines is 1. The van der Waals surface area contributed by atoms with E-state index >= 15 is 0 Å². The lowest BCUT2D eigenvalue weighted by atomic mass is 10.0. The molecule has 7 heteroatoms. The van der Waals surface area contributed by atoms with Gasteiger partial charge in [0.1, 0.15) is 11.6 Å². The fourth-order valence-corrected chi connectivity index (χ4v) is 3.89. The molecule has 3 aromatic rings. The van der Waals surface area contributed by atoms with Crippen LogP contribution >= 0.6 is 0 Å². The maximum absolute atomic E-state index is 12.7. The second kappa shape index (κ2) is 9.20. The third-order valence-electron chi connectivity index (χ3n) is 5.50. The van der Waals surface area contributed by atoms with Crippen LogP contribution in [0.2, 0.25) is 0 Å². The number of nitrogens with zero attached hydrogens (tertiary/aromatic N) is 3. The second-order valence-electron chi connectivity index (χ2n) is 8.00. The summed E-state index contributed by atoms with van der Waals surface area (Å²) in [6.07, 6.45) is 4.96. The van der Waals surface area contributed by atoms with Crippen LogP contribution in [0.3, 0.4) is 0 Å². The Labute approximate surface area is 187 Å². The van der Waals surface area contributed by atoms with Gasteiger partial charge in [0.05, 0.1) is 13.7 Å². The summed E-state index contributed by atoms with van der Waals surface area (Å²) in [6.45, 7) is 1.42. The first-order valence-electron chi connectivity index (χ1n) is 10.4. The zero-order valence-electron chi connectivity index (χ0n) is 18.5. The van der Waals surface area contributed by atoms with Gasteiger partial charge in [0.25, 0.3) is 0 Å². The fourth-order valence-electron chi connectivity index (χ4n) is 3.89. The molecule has 2 heterocycles. The van der Waals surface area contributed by atoms with Crippen LogP contribution in [0, 0.1) is 0 Å². The zero-order valence-corrected chi connectivity index (χ0v) is 18.5. The summed E-state index contributed by atoms with van der Waals surface area (Å²) in [7, 11) is 5.33. The predicted octanol–water partition coefficient (Wildman–Crippen LogP) is 3.30. The molecule has 1 N–H and O–H groups in total. The molecule has 4 rings (SSSR count). The van der Waals surface area contributed by atoms with Crippen molar-refractivity contribution < 1.29 is 14.3 Å². The molecule has 0 bridgehead atoms. The summed E-state index contributed by atoms with van der Waals surface area (Å²) in [6, 6.07) is 13.9. The third-order valence-corrected chi connectivity index (χ3v) is 5.50. The number of ether oxygens (including phenoxy) is 1. The zero-order chi connectivity index (χ0) is 22.7. The van der Waals surface area contributed by atoms with E-state index in [0.717, 1.165) is 33.2 Å². The minimum Gasteiger partial charge on any atom is -0.496 e. The average molecular weight is 431 g/mol. The van der Waals surface area contributed by atoms with E-state index in [1.54, 1.807) is 37.4 Å². The number of amides is 2. The Morgan fingerprint density at radius 2 is 2.00 bits per heavy atom. The molecule has 2 aromatic carbocycles. The van der Waals surface area contributed by atoms with E-state index in [1.165, 1.54) is 0 Å². The number of carbonyl (C=O) groups is 2. The molecule has 0 saturated heterocycles. The number of likely N-dealkylation sites (N-methyl/N-ethyl adjacent to an activating group) is 2. The molecule has 0 unspecified atom stereocenters. The molecular formula is C25H26N4O3. The molecule has 0 radical (unpaired) electrons. The normalized spacial score (nSPS) is 14.2. The highest BCUT2D eigenvalue weighted by molar-refractivity contribution is 5.94. The van der Waals surface area contributed by atoms with Crippen molar-refractivity contribution in [3.05, 3.63) is 71.4 Å². The summed E-state index contributed by atoms with van der Waals surface area (Å²) in [4.78, 5) is 32.5. The van der Waals surface area contributed by atoms with Crippen LogP contribution in [-0.4, -0.2) is 54.3 Å². The standard InChI is InChI=1S/C25H26N4O3/c1-28-14-19-12-17(13-26-25(19)27-23(30)16-28)8-11-24(31)29(2)15-18-9-10-22(32-3)21-7-5-4-6-20(18)21/h4-13H,14-16H2,1-3H3,(H,26,27,30). The maximum Gasteiger partial charge on any atom is 0.246 e. The van der Waals surface area contributed by atoms with Gasteiger partial charge in [-0.15, -0.1) is 0 Å². The summed E-state index contributed by atoms with van der Waals surface area (Å²) < 4.78 is 5.46. The van der Waals surface area contributed by atoms with Gasteiger partial charge in [-0.3, -0.25) is 14.5 Å². The monoisotopic (exact) mass is 430 g/mol. The van der Waals surface area contributed by atoms with Crippen molar-refractivity contribution in [2.75, 3.05) is 33.1 Å². The number of aromatic nitrogens is 1. The highest BCUT2D eigenvalue weighted by Gasteiger charge is 2.17. The average Bonchev–Trinajstić information content (AvgIpc) is 2.93. The molecule has 1 aromatic heterocycles. The van der Waals surface area contributed by atoms with Gasteiger partial charge in [-0.25, -0.2) is 4.98 Å². The molecule has 0 spiro atoms. The molecule has 32 heavy (non-hydrogen) atoms. The number of fused-ring (bicyclic) bond motifs is 2. The molecule has 0 saturated carbocycles. The lowest BCUT2D eigenvalue weighted by Crippen LogP contribution is -2.26. The number of benzene rings is 2. The van der Waals surface area contributed by atoms with Crippen molar-refractivity contribution in [1.82, 2.24) is 14.8 Å². The molecular weight excluding hydrogens is 404 g/mol. The van der Waals surface area contributed by atoms with Crippen LogP contribution in [-0.2, 0) is 22.7 Å². The SMILES string of the molecule is COc1ccc(CN(C)C(=O)C=Cc2cnc3c(c2)CN(C)CC(=O)N3)c2ccccc12. The van der Waals surface area contributed by atoms with Gasteiger partial charge in [0, 0.05) is 43.4 Å². The van der Waals surface area contributed by atoms with Crippen LogP contribution in [0.4, 0.5) is 5.82 Å². The van der Waals surface area contributed by atoms with E-state index in [9.17, 15) is 9.59 Å². The first-order valence-corrected chi connectivity index (χ1v) is 10.4. The van der Waals surface area contributed by atoms with E-state index in [2.05, 4.69) is 10.3 Å². The van der Waals surface area contributed by atoms with E-state index in [0.29, 0.717) is 25.5 Å². The van der Waals surface area contributed by atoms with E-state index < -0.39 is 0 Å². The number of methoxy groups -OCH3 is 1. The van der Waals surface area contributed by atoms with Gasteiger partial charge in [-0.05, 0) is 41.8 Å². The Kier molecular flexibility index (Phi) is 6.18. The number of carbonyl (C=O) groups excluding carboxylic acids is 2. The van der Waals surface area contributed by atoms with Gasteiger partial charge in [-0.2, -0.15) is 0 Å². The number of nitrogens with one attached hydrogen (secondary N) is 1. The number of hydrogen-bond acceptors (Lipinski definition) is 5. The molecule has 1 aliphatic rings. The van der Waals surface area contributed by atoms with Crippen molar-refractivity contribution in [3.63, 3.8) is 0 Å². The van der Waals surface area contributed by atoms with Gasteiger partial charge >= 0.3 is 0 Å². The molecule has 0 atom stereocenters. The minimum atomic E-state index is -0.106. The molecule has 0 aliphatic carbocycles. The maximum atomic E-state index is 12.7. The topological polar surface area (TPSA) is 74.8 Å². The van der Waals surface area contributed by atoms with Crippen LogP contribution < -0.4 is 10.1 Å². The number of pyridine rings is 1. The van der Waals surface area contributed by atoms with E-state index in [1.807, 2.05) is 54.4 Å². The smallest absolute Gasteiger partial charge is 0.246 e. The van der Waals surface area contributed by atoms with Crippen LogP contribution in [0.15, 0.2) is 54.7 Å². The molecule has 2 amide bonds. The van der Waals surface area contributed by atoms with Crippen molar-refractivity contribution in [2.45, 2.75) is 13.1 Å². The summed E-state index contributed by atoms with van der Waals surface area (Å²) in [5.41, 5.74) is 2.78. The first-order chi connectivity index (χ1) is 15.4. The number of rotatable bonds is 5. The van der Waals surface area contributed by atoms with Gasteiger partial charge in [0.2, 0.25) is 11.8 Å². The predicted molar refractivity (Wildman–Crippen MR) is 125 cm³/mol. The first kappa shape index (κ1) is 21.5. The van der Waals surface area contributed by atoms with Gasteiger partial charge in [-0.1, -0.05) is 30.3 Å². The highest BCUT2D eigenvalue weighted by Crippen LogP contribution is 2.29. The van der Waals surface area contributed by atoms with Crippen LogP contribution in [0.5, 0.6) is 5.75 Å².